The van der Waals surface area contributed by atoms with Crippen molar-refractivity contribution < 1.29 is 23.4 Å². The Hall–Kier alpha value is -3.38. The molecule has 3 aromatic rings. The highest BCUT2D eigenvalue weighted by atomic mass is 19.1. The molecule has 1 saturated heterocycles. The molecule has 3 aromatic carbocycles. The highest BCUT2D eigenvalue weighted by molar-refractivity contribution is 5.95. The molecular weight excluding hydrogens is 448 g/mol. The van der Waals surface area contributed by atoms with Gasteiger partial charge >= 0.3 is 0 Å². The molecule has 0 radical (unpaired) electrons. The van der Waals surface area contributed by atoms with Crippen LogP contribution in [0.1, 0.15) is 36.1 Å². The monoisotopic (exact) mass is 477 g/mol. The molecule has 2 aliphatic heterocycles. The van der Waals surface area contributed by atoms with Gasteiger partial charge in [0.1, 0.15) is 35.8 Å². The number of aromatic hydroxyl groups is 1. The van der Waals surface area contributed by atoms with Crippen LogP contribution in [0.4, 0.5) is 8.78 Å². The summed E-state index contributed by atoms with van der Waals surface area (Å²) < 4.78 is 39.3. The van der Waals surface area contributed by atoms with Crippen molar-refractivity contribution in [3.8, 4) is 17.2 Å². The van der Waals surface area contributed by atoms with Crippen LogP contribution in [0.3, 0.4) is 0 Å². The summed E-state index contributed by atoms with van der Waals surface area (Å²) in [4.78, 5) is 2.24. The predicted octanol–water partition coefficient (Wildman–Crippen LogP) is 6.27. The van der Waals surface area contributed by atoms with Crippen LogP contribution in [0.5, 0.6) is 17.2 Å². The molecule has 2 atom stereocenters. The first-order valence-electron chi connectivity index (χ1n) is 12.0. The van der Waals surface area contributed by atoms with Crippen molar-refractivity contribution >= 4 is 11.1 Å². The van der Waals surface area contributed by atoms with E-state index >= 15 is 0 Å². The number of allylic oxidation sites excluding steroid dienone is 1. The summed E-state index contributed by atoms with van der Waals surface area (Å²) in [5.41, 5.74) is 4.22. The fourth-order valence-electron chi connectivity index (χ4n) is 4.97. The van der Waals surface area contributed by atoms with Gasteiger partial charge in [0.25, 0.3) is 0 Å². The molecule has 0 aromatic heterocycles. The largest absolute Gasteiger partial charge is 0.508 e. The maximum atomic E-state index is 14.1. The number of likely N-dealkylation sites (tertiary alicyclic amines) is 1. The molecular formula is C29H29F2NO3. The highest BCUT2D eigenvalue weighted by Crippen LogP contribution is 2.47. The molecule has 1 N–H and O–H groups in total. The standard InChI is InChI=1S/C29H29F2NO3/c1-19-26-16-24(33)7-10-27(26)35-29(28(19)22-3-2-4-23(31)15-22)21-5-8-25(9-6-21)34-14-13-32-12-11-20(17-30)18-32/h2-10,15-16,20,29,33H,11-14,17-18H2,1H3. The molecule has 182 valence electrons. The number of ether oxygens (including phenoxy) is 2. The average molecular weight is 478 g/mol. The van der Waals surface area contributed by atoms with E-state index in [9.17, 15) is 13.9 Å². The predicted molar refractivity (Wildman–Crippen MR) is 133 cm³/mol. The van der Waals surface area contributed by atoms with Crippen molar-refractivity contribution in [2.75, 3.05) is 32.9 Å². The number of phenols is 1. The van der Waals surface area contributed by atoms with Gasteiger partial charge in [-0.25, -0.2) is 4.39 Å². The number of fused-ring (bicyclic) bond motifs is 1. The van der Waals surface area contributed by atoms with E-state index in [2.05, 4.69) is 4.90 Å². The Labute approximate surface area is 204 Å². The second-order valence-electron chi connectivity index (χ2n) is 9.25. The molecule has 4 nitrogen and oxygen atoms in total. The van der Waals surface area contributed by atoms with E-state index in [1.54, 1.807) is 24.3 Å². The third-order valence-electron chi connectivity index (χ3n) is 6.86. The van der Waals surface area contributed by atoms with Crippen LogP contribution >= 0.6 is 0 Å². The van der Waals surface area contributed by atoms with Crippen LogP contribution in [0.15, 0.2) is 66.7 Å². The summed E-state index contributed by atoms with van der Waals surface area (Å²) >= 11 is 0. The van der Waals surface area contributed by atoms with Crippen LogP contribution in [0, 0.1) is 11.7 Å². The molecule has 35 heavy (non-hydrogen) atoms. The molecule has 0 bridgehead atoms. The van der Waals surface area contributed by atoms with Gasteiger partial charge in [-0.2, -0.15) is 0 Å². The fraction of sp³-hybridized carbons (Fsp3) is 0.310. The van der Waals surface area contributed by atoms with Gasteiger partial charge < -0.3 is 14.6 Å². The van der Waals surface area contributed by atoms with E-state index in [0.29, 0.717) is 12.4 Å². The lowest BCUT2D eigenvalue weighted by atomic mass is 9.86. The molecule has 5 rings (SSSR count). The molecule has 0 amide bonds. The minimum Gasteiger partial charge on any atom is -0.508 e. The summed E-state index contributed by atoms with van der Waals surface area (Å²) in [5.74, 6) is 1.41. The lowest BCUT2D eigenvalue weighted by Gasteiger charge is -2.31. The average Bonchev–Trinajstić information content (AvgIpc) is 3.33. The molecule has 2 heterocycles. The Morgan fingerprint density at radius 2 is 1.91 bits per heavy atom. The molecule has 2 unspecified atom stereocenters. The Morgan fingerprint density at radius 3 is 2.66 bits per heavy atom. The van der Waals surface area contributed by atoms with Gasteiger partial charge in [0.05, 0.1) is 6.67 Å². The summed E-state index contributed by atoms with van der Waals surface area (Å²) in [7, 11) is 0. The van der Waals surface area contributed by atoms with Crippen LogP contribution in [-0.2, 0) is 0 Å². The fourth-order valence-corrected chi connectivity index (χ4v) is 4.97. The third kappa shape index (κ3) is 5.03. The van der Waals surface area contributed by atoms with Crippen molar-refractivity contribution in [1.82, 2.24) is 4.90 Å². The van der Waals surface area contributed by atoms with Crippen molar-refractivity contribution in [2.45, 2.75) is 19.4 Å². The van der Waals surface area contributed by atoms with E-state index in [0.717, 1.165) is 59.6 Å². The Balaban J connectivity index is 1.37. The number of benzene rings is 3. The number of hydrogen-bond donors (Lipinski definition) is 1. The van der Waals surface area contributed by atoms with Gasteiger partial charge in [-0.05, 0) is 79.1 Å². The Kier molecular flexibility index (Phi) is 6.73. The zero-order chi connectivity index (χ0) is 24.4. The molecule has 0 saturated carbocycles. The van der Waals surface area contributed by atoms with Crippen LogP contribution in [-0.4, -0.2) is 42.9 Å². The number of phenolic OH excluding ortho intramolecular Hbond substituents is 1. The molecule has 0 spiro atoms. The van der Waals surface area contributed by atoms with E-state index in [1.807, 2.05) is 37.3 Å². The molecule has 0 aliphatic carbocycles. The SMILES string of the molecule is CC1=C(c2cccc(F)c2)C(c2ccc(OCCN3CCC(CF)C3)cc2)Oc2ccc(O)cc21. The van der Waals surface area contributed by atoms with Gasteiger partial charge in [0.2, 0.25) is 0 Å². The first-order chi connectivity index (χ1) is 17.0. The normalized spacial score (nSPS) is 20.0. The lowest BCUT2D eigenvalue weighted by molar-refractivity contribution is 0.228. The molecule has 1 fully saturated rings. The highest BCUT2D eigenvalue weighted by Gasteiger charge is 2.30. The smallest absolute Gasteiger partial charge is 0.150 e. The second kappa shape index (κ2) is 10.1. The number of nitrogens with zero attached hydrogens (tertiary/aromatic N) is 1. The number of halogens is 2. The van der Waals surface area contributed by atoms with E-state index in [-0.39, 0.29) is 24.2 Å². The van der Waals surface area contributed by atoms with Crippen molar-refractivity contribution in [1.29, 1.82) is 0 Å². The zero-order valence-corrected chi connectivity index (χ0v) is 19.7. The maximum Gasteiger partial charge on any atom is 0.150 e. The van der Waals surface area contributed by atoms with Crippen LogP contribution < -0.4 is 9.47 Å². The Morgan fingerprint density at radius 1 is 1.09 bits per heavy atom. The minimum atomic E-state index is -0.440. The Bertz CT molecular complexity index is 1220. The summed E-state index contributed by atoms with van der Waals surface area (Å²) in [6.07, 6.45) is 0.473. The maximum absolute atomic E-state index is 14.1. The number of rotatable bonds is 7. The quantitative estimate of drug-likeness (QED) is 0.436. The second-order valence-corrected chi connectivity index (χ2v) is 9.25. The van der Waals surface area contributed by atoms with E-state index in [4.69, 9.17) is 9.47 Å². The van der Waals surface area contributed by atoms with Gasteiger partial charge in [-0.15, -0.1) is 0 Å². The van der Waals surface area contributed by atoms with Gasteiger partial charge in [-0.1, -0.05) is 24.3 Å². The zero-order valence-electron chi connectivity index (χ0n) is 19.7. The van der Waals surface area contributed by atoms with Gasteiger partial charge in [0.15, 0.2) is 0 Å². The molecule has 6 heteroatoms. The number of alkyl halides is 1. The summed E-state index contributed by atoms with van der Waals surface area (Å²) in [6.45, 7) is 4.76. The lowest BCUT2D eigenvalue weighted by Crippen LogP contribution is -2.26. The number of hydrogen-bond acceptors (Lipinski definition) is 4. The van der Waals surface area contributed by atoms with Crippen molar-refractivity contribution in [3.63, 3.8) is 0 Å². The van der Waals surface area contributed by atoms with Gasteiger partial charge in [0, 0.05) is 30.1 Å². The van der Waals surface area contributed by atoms with Crippen molar-refractivity contribution in [2.24, 2.45) is 5.92 Å². The van der Waals surface area contributed by atoms with Crippen molar-refractivity contribution in [3.05, 3.63) is 89.2 Å². The van der Waals surface area contributed by atoms with E-state index < -0.39 is 6.10 Å². The first kappa shape index (κ1) is 23.4. The topological polar surface area (TPSA) is 41.9 Å². The first-order valence-corrected chi connectivity index (χ1v) is 12.0. The van der Waals surface area contributed by atoms with Crippen LogP contribution in [0.2, 0.25) is 0 Å². The summed E-state index contributed by atoms with van der Waals surface area (Å²) in [5, 5.41) is 10.0. The van der Waals surface area contributed by atoms with Crippen LogP contribution in [0.25, 0.3) is 11.1 Å². The van der Waals surface area contributed by atoms with E-state index in [1.165, 1.54) is 12.1 Å². The minimum absolute atomic E-state index is 0.152. The molecule has 2 aliphatic rings. The van der Waals surface area contributed by atoms with Gasteiger partial charge in [-0.3, -0.25) is 9.29 Å². The third-order valence-corrected chi connectivity index (χ3v) is 6.86. The summed E-state index contributed by atoms with van der Waals surface area (Å²) in [6, 6.07) is 19.3.